The van der Waals surface area contributed by atoms with E-state index >= 15 is 0 Å². The first-order chi connectivity index (χ1) is 14.3. The smallest absolute Gasteiger partial charge is 0.315 e. The molecule has 164 valence electrons. The van der Waals surface area contributed by atoms with Gasteiger partial charge in [-0.05, 0) is 51.3 Å². The molecule has 1 aliphatic rings. The van der Waals surface area contributed by atoms with Crippen molar-refractivity contribution in [2.24, 2.45) is 5.92 Å². The lowest BCUT2D eigenvalue weighted by atomic mass is 10.2. The number of carbonyl (C=O) groups is 1. The average molecular weight is 415 g/mol. The molecule has 1 saturated heterocycles. The normalized spacial score (nSPS) is 20.1. The van der Waals surface area contributed by atoms with Gasteiger partial charge in [-0.15, -0.1) is 0 Å². The highest BCUT2D eigenvalue weighted by molar-refractivity contribution is 5.73. The summed E-state index contributed by atoms with van der Waals surface area (Å²) in [5, 5.41) is 10.3. The first-order valence-corrected chi connectivity index (χ1v) is 10.7. The van der Waals surface area contributed by atoms with Crippen LogP contribution in [0.25, 0.3) is 0 Å². The van der Waals surface area contributed by atoms with Gasteiger partial charge < -0.3 is 20.3 Å². The lowest BCUT2D eigenvalue weighted by molar-refractivity contribution is -0.00546. The average Bonchev–Trinajstić information content (AvgIpc) is 3.01. The van der Waals surface area contributed by atoms with E-state index in [-0.39, 0.29) is 24.2 Å². The Kier molecular flexibility index (Phi) is 7.31. The van der Waals surface area contributed by atoms with Gasteiger partial charge in [0.05, 0.1) is 17.9 Å². The monoisotopic (exact) mass is 414 g/mol. The third-order valence-corrected chi connectivity index (χ3v) is 5.20. The van der Waals surface area contributed by atoms with Gasteiger partial charge in [0, 0.05) is 44.6 Å². The van der Waals surface area contributed by atoms with Crippen LogP contribution >= 0.6 is 0 Å². The SMILES string of the molecule is Cc1cc(C)n(CC(C)CNC(=O)NCc2ccc(N3CC(C)OC(C)C3)nc2)n1. The predicted octanol–water partition coefficient (Wildman–Crippen LogP) is 2.64. The molecule has 0 bridgehead atoms. The van der Waals surface area contributed by atoms with Crippen LogP contribution in [0.5, 0.6) is 0 Å². The standard InChI is InChI=1S/C22H34N6O2/c1-15(12-28-17(3)8-16(2)26-28)9-24-22(29)25-11-20-6-7-21(23-10-20)27-13-18(4)30-19(5)14-27/h6-8,10,15,18-19H,9,11-14H2,1-5H3,(H2,24,25,29). The van der Waals surface area contributed by atoms with Crippen LogP contribution in [0, 0.1) is 19.8 Å². The van der Waals surface area contributed by atoms with E-state index < -0.39 is 0 Å². The Balaban J connectivity index is 1.40. The minimum Gasteiger partial charge on any atom is -0.372 e. The molecule has 8 heteroatoms. The van der Waals surface area contributed by atoms with Crippen molar-refractivity contribution in [2.45, 2.75) is 59.9 Å². The molecule has 2 aromatic heterocycles. The number of nitrogens with one attached hydrogen (secondary N) is 2. The maximum atomic E-state index is 12.1. The van der Waals surface area contributed by atoms with E-state index in [1.54, 1.807) is 0 Å². The van der Waals surface area contributed by atoms with Crippen LogP contribution in [0.2, 0.25) is 0 Å². The van der Waals surface area contributed by atoms with Crippen LogP contribution in [0.15, 0.2) is 24.4 Å². The molecule has 8 nitrogen and oxygen atoms in total. The summed E-state index contributed by atoms with van der Waals surface area (Å²) in [5.41, 5.74) is 3.13. The van der Waals surface area contributed by atoms with Gasteiger partial charge in [-0.1, -0.05) is 13.0 Å². The van der Waals surface area contributed by atoms with Crippen molar-refractivity contribution >= 4 is 11.8 Å². The summed E-state index contributed by atoms with van der Waals surface area (Å²) in [4.78, 5) is 19.0. The quantitative estimate of drug-likeness (QED) is 0.728. The van der Waals surface area contributed by atoms with Crippen LogP contribution in [0.4, 0.5) is 10.6 Å². The molecule has 0 spiro atoms. The molecular weight excluding hydrogens is 380 g/mol. The summed E-state index contributed by atoms with van der Waals surface area (Å²) in [5.74, 6) is 1.23. The number of urea groups is 1. The summed E-state index contributed by atoms with van der Waals surface area (Å²) in [6.45, 7) is 13.8. The molecular formula is C22H34N6O2. The Bertz CT molecular complexity index is 825. The van der Waals surface area contributed by atoms with Crippen LogP contribution in [0.3, 0.4) is 0 Å². The third-order valence-electron chi connectivity index (χ3n) is 5.20. The topological polar surface area (TPSA) is 84.3 Å². The molecule has 2 aromatic rings. The zero-order chi connectivity index (χ0) is 21.7. The van der Waals surface area contributed by atoms with Gasteiger partial charge in [0.1, 0.15) is 5.82 Å². The number of ether oxygens (including phenoxy) is 1. The largest absolute Gasteiger partial charge is 0.372 e. The highest BCUT2D eigenvalue weighted by Gasteiger charge is 2.23. The number of morpholine rings is 1. The number of aryl methyl sites for hydroxylation is 2. The van der Waals surface area contributed by atoms with E-state index in [0.29, 0.717) is 13.1 Å². The second kappa shape index (κ2) is 9.93. The Morgan fingerprint density at radius 3 is 2.57 bits per heavy atom. The fraction of sp³-hybridized carbons (Fsp3) is 0.591. The molecule has 3 heterocycles. The highest BCUT2D eigenvalue weighted by Crippen LogP contribution is 2.18. The molecule has 1 fully saturated rings. The van der Waals surface area contributed by atoms with Crippen LogP contribution < -0.4 is 15.5 Å². The van der Waals surface area contributed by atoms with Gasteiger partial charge in [0.15, 0.2) is 0 Å². The molecule has 3 unspecified atom stereocenters. The Labute approximate surface area is 179 Å². The van der Waals surface area contributed by atoms with Crippen LogP contribution in [-0.4, -0.2) is 52.6 Å². The van der Waals surface area contributed by atoms with Gasteiger partial charge in [-0.3, -0.25) is 4.68 Å². The second-order valence-corrected chi connectivity index (χ2v) is 8.46. The van der Waals surface area contributed by atoms with E-state index in [1.807, 2.05) is 36.9 Å². The van der Waals surface area contributed by atoms with Crippen LogP contribution in [0.1, 0.15) is 37.7 Å². The molecule has 0 aromatic carbocycles. The van der Waals surface area contributed by atoms with Crippen molar-refractivity contribution in [1.29, 1.82) is 0 Å². The summed E-state index contributed by atoms with van der Waals surface area (Å²) >= 11 is 0. The summed E-state index contributed by atoms with van der Waals surface area (Å²) in [7, 11) is 0. The Morgan fingerprint density at radius 2 is 1.97 bits per heavy atom. The minimum absolute atomic E-state index is 0.171. The fourth-order valence-electron chi connectivity index (χ4n) is 3.80. The molecule has 30 heavy (non-hydrogen) atoms. The molecule has 1 aliphatic heterocycles. The Hall–Kier alpha value is -2.61. The maximum Gasteiger partial charge on any atom is 0.315 e. The number of hydrogen-bond acceptors (Lipinski definition) is 5. The lowest BCUT2D eigenvalue weighted by Gasteiger charge is -2.36. The summed E-state index contributed by atoms with van der Waals surface area (Å²) < 4.78 is 7.77. The van der Waals surface area contributed by atoms with E-state index in [2.05, 4.69) is 52.5 Å². The van der Waals surface area contributed by atoms with Gasteiger partial charge in [0.25, 0.3) is 0 Å². The molecule has 3 atom stereocenters. The highest BCUT2D eigenvalue weighted by atomic mass is 16.5. The number of hydrogen-bond donors (Lipinski definition) is 2. The van der Waals surface area contributed by atoms with E-state index in [1.165, 1.54) is 0 Å². The first-order valence-electron chi connectivity index (χ1n) is 10.7. The molecule has 2 amide bonds. The molecule has 2 N–H and O–H groups in total. The lowest BCUT2D eigenvalue weighted by Crippen LogP contribution is -2.45. The summed E-state index contributed by atoms with van der Waals surface area (Å²) in [6, 6.07) is 5.91. The number of aromatic nitrogens is 3. The molecule has 0 aliphatic carbocycles. The van der Waals surface area contributed by atoms with Crippen molar-refractivity contribution in [3.8, 4) is 0 Å². The van der Waals surface area contributed by atoms with Crippen molar-refractivity contribution in [2.75, 3.05) is 24.5 Å². The van der Waals surface area contributed by atoms with E-state index in [9.17, 15) is 4.79 Å². The molecule has 0 radical (unpaired) electrons. The fourth-order valence-corrected chi connectivity index (χ4v) is 3.80. The van der Waals surface area contributed by atoms with E-state index in [4.69, 9.17) is 4.74 Å². The third kappa shape index (κ3) is 6.19. The van der Waals surface area contributed by atoms with Crippen molar-refractivity contribution in [1.82, 2.24) is 25.4 Å². The number of nitrogens with zero attached hydrogens (tertiary/aromatic N) is 4. The second-order valence-electron chi connectivity index (χ2n) is 8.46. The Morgan fingerprint density at radius 1 is 1.23 bits per heavy atom. The van der Waals surface area contributed by atoms with Crippen molar-refractivity contribution < 1.29 is 9.53 Å². The maximum absolute atomic E-state index is 12.1. The number of rotatable bonds is 7. The van der Waals surface area contributed by atoms with Gasteiger partial charge in [-0.25, -0.2) is 9.78 Å². The molecule has 3 rings (SSSR count). The zero-order valence-corrected chi connectivity index (χ0v) is 18.7. The molecule has 0 saturated carbocycles. The van der Waals surface area contributed by atoms with Crippen molar-refractivity contribution in [3.05, 3.63) is 41.3 Å². The van der Waals surface area contributed by atoms with Gasteiger partial charge >= 0.3 is 6.03 Å². The number of pyridine rings is 1. The van der Waals surface area contributed by atoms with E-state index in [0.717, 1.165) is 42.4 Å². The number of anilines is 1. The predicted molar refractivity (Wildman–Crippen MR) is 118 cm³/mol. The summed E-state index contributed by atoms with van der Waals surface area (Å²) in [6.07, 6.45) is 2.22. The van der Waals surface area contributed by atoms with Crippen molar-refractivity contribution in [3.63, 3.8) is 0 Å². The van der Waals surface area contributed by atoms with Gasteiger partial charge in [-0.2, -0.15) is 5.10 Å². The first kappa shape index (κ1) is 22.1. The minimum atomic E-state index is -0.171. The zero-order valence-electron chi connectivity index (χ0n) is 18.7. The number of amides is 2. The van der Waals surface area contributed by atoms with Gasteiger partial charge in [0.2, 0.25) is 0 Å². The number of carbonyl (C=O) groups excluding carboxylic acids is 1. The van der Waals surface area contributed by atoms with Crippen LogP contribution in [-0.2, 0) is 17.8 Å².